The highest BCUT2D eigenvalue weighted by Gasteiger charge is 2.38. The second-order valence-corrected chi connectivity index (χ2v) is 5.11. The minimum Gasteiger partial charge on any atom is -0.297 e. The molecule has 1 aromatic carbocycles. The maximum absolute atomic E-state index is 13.3. The summed E-state index contributed by atoms with van der Waals surface area (Å²) in [6.07, 6.45) is 0.671. The summed E-state index contributed by atoms with van der Waals surface area (Å²) in [7, 11) is 0. The maximum Gasteiger partial charge on any atom is 0.299 e. The van der Waals surface area contributed by atoms with Gasteiger partial charge in [0.25, 0.3) is 11.7 Å². The molecule has 20 heavy (non-hydrogen) atoms. The van der Waals surface area contributed by atoms with Gasteiger partial charge in [0.05, 0.1) is 17.8 Å². The van der Waals surface area contributed by atoms with Crippen LogP contribution in [-0.4, -0.2) is 24.0 Å². The van der Waals surface area contributed by atoms with E-state index in [1.165, 1.54) is 11.0 Å². The molecule has 1 heterocycles. The minimum atomic E-state index is -0.759. The minimum absolute atomic E-state index is 0.0458. The van der Waals surface area contributed by atoms with Crippen LogP contribution < -0.4 is 4.90 Å². The van der Waals surface area contributed by atoms with Crippen molar-refractivity contribution >= 4 is 23.2 Å². The topological polar surface area (TPSA) is 54.5 Å². The van der Waals surface area contributed by atoms with Crippen LogP contribution in [0.2, 0.25) is 0 Å². The number of amides is 1. The molecule has 0 radical (unpaired) electrons. The molecule has 0 saturated heterocycles. The molecule has 0 spiro atoms. The molecule has 1 aliphatic rings. The largest absolute Gasteiger partial charge is 0.299 e. The van der Waals surface area contributed by atoms with Crippen molar-refractivity contribution in [2.45, 2.75) is 27.2 Å². The van der Waals surface area contributed by atoms with Gasteiger partial charge in [0.15, 0.2) is 5.78 Å². The Balaban J connectivity index is 2.41. The number of benzene rings is 1. The van der Waals surface area contributed by atoms with Gasteiger partial charge >= 0.3 is 0 Å². The number of ketones is 2. The van der Waals surface area contributed by atoms with Crippen molar-refractivity contribution in [3.05, 3.63) is 29.1 Å². The monoisotopic (exact) mass is 277 g/mol. The molecule has 1 amide bonds. The summed E-state index contributed by atoms with van der Waals surface area (Å²) < 4.78 is 13.3. The van der Waals surface area contributed by atoms with Gasteiger partial charge in [0.1, 0.15) is 5.82 Å². The van der Waals surface area contributed by atoms with Crippen molar-refractivity contribution in [1.82, 2.24) is 0 Å². The molecule has 5 heteroatoms. The van der Waals surface area contributed by atoms with E-state index in [2.05, 4.69) is 0 Å². The van der Waals surface area contributed by atoms with E-state index < -0.39 is 17.5 Å². The maximum atomic E-state index is 13.3. The lowest BCUT2D eigenvalue weighted by molar-refractivity contribution is -0.123. The number of fused-ring (bicyclic) bond motifs is 1. The van der Waals surface area contributed by atoms with Crippen molar-refractivity contribution < 1.29 is 18.8 Å². The van der Waals surface area contributed by atoms with Gasteiger partial charge < -0.3 is 0 Å². The summed E-state index contributed by atoms with van der Waals surface area (Å²) in [5.74, 6) is -2.35. The highest BCUT2D eigenvalue weighted by Crippen LogP contribution is 2.33. The van der Waals surface area contributed by atoms with E-state index >= 15 is 0 Å². The number of nitrogens with zero attached hydrogens (tertiary/aromatic N) is 1. The van der Waals surface area contributed by atoms with Gasteiger partial charge in [-0.05, 0) is 31.0 Å². The number of carbonyl (C=O) groups excluding carboxylic acids is 3. The van der Waals surface area contributed by atoms with Crippen molar-refractivity contribution in [2.24, 2.45) is 5.92 Å². The Hall–Kier alpha value is -2.04. The predicted molar refractivity (Wildman–Crippen MR) is 72.3 cm³/mol. The van der Waals surface area contributed by atoms with Crippen LogP contribution in [0.3, 0.4) is 0 Å². The highest BCUT2D eigenvalue weighted by atomic mass is 19.1. The summed E-state index contributed by atoms with van der Waals surface area (Å²) in [5.41, 5.74) is 0.888. The van der Waals surface area contributed by atoms with Crippen LogP contribution in [0.15, 0.2) is 12.1 Å². The molecule has 1 aromatic rings. The molecular formula is C15H16FNO3. The SMILES string of the molecule is CCC(C)C(=O)CN1C(=O)C(=O)c2cc(F)cc(C)c21. The van der Waals surface area contributed by atoms with E-state index in [9.17, 15) is 18.8 Å². The Morgan fingerprint density at radius 1 is 1.35 bits per heavy atom. The number of Topliss-reactive ketones (excluding diaryl/α,β-unsaturated/α-hetero) is 2. The Labute approximate surface area is 116 Å². The van der Waals surface area contributed by atoms with Gasteiger partial charge in [-0.15, -0.1) is 0 Å². The van der Waals surface area contributed by atoms with E-state index in [4.69, 9.17) is 0 Å². The highest BCUT2D eigenvalue weighted by molar-refractivity contribution is 6.52. The molecule has 0 fully saturated rings. The van der Waals surface area contributed by atoms with Crippen LogP contribution in [0.5, 0.6) is 0 Å². The zero-order valence-electron chi connectivity index (χ0n) is 11.7. The molecule has 1 aliphatic heterocycles. The standard InChI is InChI=1S/C15H16FNO3/c1-4-8(2)12(18)7-17-13-9(3)5-10(16)6-11(13)14(19)15(17)20/h5-6,8H,4,7H2,1-3H3. The lowest BCUT2D eigenvalue weighted by atomic mass is 10.0. The summed E-state index contributed by atoms with van der Waals surface area (Å²) in [4.78, 5) is 37.0. The van der Waals surface area contributed by atoms with Crippen LogP contribution in [0.4, 0.5) is 10.1 Å². The fourth-order valence-electron chi connectivity index (χ4n) is 2.30. The third-order valence-corrected chi connectivity index (χ3v) is 3.70. The molecule has 0 saturated carbocycles. The number of aryl methyl sites for hydroxylation is 1. The molecule has 0 aliphatic carbocycles. The second kappa shape index (κ2) is 5.15. The van der Waals surface area contributed by atoms with E-state index in [1.54, 1.807) is 13.8 Å². The molecule has 1 unspecified atom stereocenters. The predicted octanol–water partition coefficient (Wildman–Crippen LogP) is 2.28. The van der Waals surface area contributed by atoms with Crippen molar-refractivity contribution in [3.63, 3.8) is 0 Å². The molecule has 1 atom stereocenters. The molecular weight excluding hydrogens is 261 g/mol. The summed E-state index contributed by atoms with van der Waals surface area (Å²) in [6.45, 7) is 5.14. The molecule has 0 N–H and O–H groups in total. The normalized spacial score (nSPS) is 15.5. The molecule has 2 rings (SSSR count). The summed E-state index contributed by atoms with van der Waals surface area (Å²) >= 11 is 0. The molecule has 4 nitrogen and oxygen atoms in total. The first kappa shape index (κ1) is 14.4. The zero-order valence-corrected chi connectivity index (χ0v) is 11.7. The average molecular weight is 277 g/mol. The Bertz CT molecular complexity index is 609. The quantitative estimate of drug-likeness (QED) is 0.793. The van der Waals surface area contributed by atoms with Gasteiger partial charge in [-0.3, -0.25) is 19.3 Å². The lowest BCUT2D eigenvalue weighted by Crippen LogP contribution is -2.36. The van der Waals surface area contributed by atoms with Crippen LogP contribution in [0.25, 0.3) is 0 Å². The number of halogens is 1. The van der Waals surface area contributed by atoms with Crippen LogP contribution in [0, 0.1) is 18.7 Å². The van der Waals surface area contributed by atoms with Gasteiger partial charge in [0, 0.05) is 5.92 Å². The smallest absolute Gasteiger partial charge is 0.297 e. The molecule has 0 bridgehead atoms. The average Bonchev–Trinajstić information content (AvgIpc) is 2.63. The van der Waals surface area contributed by atoms with Gasteiger partial charge in [-0.2, -0.15) is 0 Å². The van der Waals surface area contributed by atoms with E-state index in [0.717, 1.165) is 6.07 Å². The van der Waals surface area contributed by atoms with E-state index in [-0.39, 0.29) is 23.8 Å². The molecule has 106 valence electrons. The zero-order chi connectivity index (χ0) is 15.0. The first-order valence-electron chi connectivity index (χ1n) is 6.55. The van der Waals surface area contributed by atoms with Crippen molar-refractivity contribution in [1.29, 1.82) is 0 Å². The number of hydrogen-bond acceptors (Lipinski definition) is 3. The summed E-state index contributed by atoms with van der Waals surface area (Å²) in [5, 5.41) is 0. The van der Waals surface area contributed by atoms with Crippen LogP contribution in [-0.2, 0) is 9.59 Å². The Morgan fingerprint density at radius 3 is 2.60 bits per heavy atom. The van der Waals surface area contributed by atoms with Gasteiger partial charge in [-0.1, -0.05) is 13.8 Å². The van der Waals surface area contributed by atoms with Crippen LogP contribution >= 0.6 is 0 Å². The number of carbonyl (C=O) groups is 3. The Kier molecular flexibility index (Phi) is 3.70. The Morgan fingerprint density at radius 2 is 2.00 bits per heavy atom. The van der Waals surface area contributed by atoms with Crippen molar-refractivity contribution in [2.75, 3.05) is 11.4 Å². The summed E-state index contributed by atoms with van der Waals surface area (Å²) in [6, 6.07) is 2.31. The van der Waals surface area contributed by atoms with E-state index in [0.29, 0.717) is 17.7 Å². The number of rotatable bonds is 4. The first-order chi connectivity index (χ1) is 9.36. The third-order valence-electron chi connectivity index (χ3n) is 3.70. The first-order valence-corrected chi connectivity index (χ1v) is 6.55. The van der Waals surface area contributed by atoms with Gasteiger partial charge in [0.2, 0.25) is 0 Å². The lowest BCUT2D eigenvalue weighted by Gasteiger charge is -2.19. The number of anilines is 1. The fraction of sp³-hybridized carbons (Fsp3) is 0.400. The third kappa shape index (κ3) is 2.24. The molecule has 0 aromatic heterocycles. The number of hydrogen-bond donors (Lipinski definition) is 0. The van der Waals surface area contributed by atoms with E-state index in [1.807, 2.05) is 6.92 Å². The van der Waals surface area contributed by atoms with Gasteiger partial charge in [-0.25, -0.2) is 4.39 Å². The van der Waals surface area contributed by atoms with Crippen LogP contribution in [0.1, 0.15) is 36.2 Å². The van der Waals surface area contributed by atoms with Crippen molar-refractivity contribution in [3.8, 4) is 0 Å². The second-order valence-electron chi connectivity index (χ2n) is 5.11. The fourth-order valence-corrected chi connectivity index (χ4v) is 2.30.